The Morgan fingerprint density at radius 2 is 1.43 bits per heavy atom. The van der Waals surface area contributed by atoms with Crippen molar-refractivity contribution in [2.45, 2.75) is 62.7 Å². The Balaban J connectivity index is 1.21. The molecule has 2 bridgehead atoms. The van der Waals surface area contributed by atoms with Gasteiger partial charge in [0.25, 0.3) is 0 Å². The summed E-state index contributed by atoms with van der Waals surface area (Å²) in [6, 6.07) is 19.3. The van der Waals surface area contributed by atoms with Crippen molar-refractivity contribution in [1.29, 1.82) is 0 Å². The van der Waals surface area contributed by atoms with Crippen LogP contribution in [0.3, 0.4) is 0 Å². The Bertz CT molecular complexity index is 874. The molecular formula is C27H34N2O. The van der Waals surface area contributed by atoms with Crippen molar-refractivity contribution < 1.29 is 4.74 Å². The lowest BCUT2D eigenvalue weighted by atomic mass is 9.74. The molecule has 3 nitrogen and oxygen atoms in total. The van der Waals surface area contributed by atoms with Crippen molar-refractivity contribution in [3.8, 4) is 0 Å². The Morgan fingerprint density at radius 3 is 2.03 bits per heavy atom. The molecule has 3 heteroatoms. The highest BCUT2D eigenvalue weighted by Gasteiger charge is 2.53. The molecule has 2 aliphatic heterocycles. The maximum Gasteiger partial charge on any atom is 0.0678 e. The maximum absolute atomic E-state index is 5.96. The number of morpholine rings is 1. The normalized spacial score (nSPS) is 34.1. The highest BCUT2D eigenvalue weighted by Crippen LogP contribution is 2.60. The number of benzene rings is 2. The lowest BCUT2D eigenvalue weighted by Crippen LogP contribution is -2.54. The Morgan fingerprint density at radius 1 is 0.867 bits per heavy atom. The SMILES string of the molecule is CC1CN(C2CCN(CC34CC(c5ccccc53)c3ccccc34)CC2)CC(C)O1. The summed E-state index contributed by atoms with van der Waals surface area (Å²) in [6.07, 6.45) is 4.59. The number of fused-ring (bicyclic) bond motifs is 8. The van der Waals surface area contributed by atoms with Crippen LogP contribution in [0.2, 0.25) is 0 Å². The Hall–Kier alpha value is -1.68. The molecule has 2 aromatic rings. The number of rotatable bonds is 3. The van der Waals surface area contributed by atoms with Crippen LogP contribution in [0, 0.1) is 0 Å². The fourth-order valence-electron chi connectivity index (χ4n) is 7.15. The maximum atomic E-state index is 5.96. The molecule has 2 fully saturated rings. The second-order valence-corrected chi connectivity index (χ2v) is 10.2. The summed E-state index contributed by atoms with van der Waals surface area (Å²) >= 11 is 0. The first-order valence-electron chi connectivity index (χ1n) is 11.9. The van der Waals surface area contributed by atoms with E-state index < -0.39 is 0 Å². The van der Waals surface area contributed by atoms with Crippen LogP contribution in [-0.2, 0) is 10.2 Å². The number of piperidine rings is 1. The number of ether oxygens (including phenoxy) is 1. The second-order valence-electron chi connectivity index (χ2n) is 10.2. The van der Waals surface area contributed by atoms with Crippen LogP contribution in [0.25, 0.3) is 0 Å². The van der Waals surface area contributed by atoms with E-state index in [9.17, 15) is 0 Å². The highest BCUT2D eigenvalue weighted by atomic mass is 16.5. The lowest BCUT2D eigenvalue weighted by Gasteiger charge is -2.45. The van der Waals surface area contributed by atoms with Gasteiger partial charge in [-0.2, -0.15) is 0 Å². The van der Waals surface area contributed by atoms with Crippen LogP contribution in [-0.4, -0.2) is 60.8 Å². The quantitative estimate of drug-likeness (QED) is 0.757. The molecule has 2 aliphatic carbocycles. The van der Waals surface area contributed by atoms with Crippen LogP contribution in [0.1, 0.15) is 61.3 Å². The van der Waals surface area contributed by atoms with Crippen molar-refractivity contribution >= 4 is 0 Å². The molecule has 0 amide bonds. The van der Waals surface area contributed by atoms with E-state index in [1.54, 1.807) is 22.3 Å². The van der Waals surface area contributed by atoms with Crippen molar-refractivity contribution in [2.75, 3.05) is 32.7 Å². The zero-order chi connectivity index (χ0) is 20.3. The molecule has 2 unspecified atom stereocenters. The average molecular weight is 403 g/mol. The van der Waals surface area contributed by atoms with Crippen molar-refractivity contribution in [1.82, 2.24) is 9.80 Å². The molecule has 0 radical (unpaired) electrons. The van der Waals surface area contributed by atoms with Gasteiger partial charge in [0.2, 0.25) is 0 Å². The van der Waals surface area contributed by atoms with Gasteiger partial charge in [0, 0.05) is 37.0 Å². The molecule has 2 aromatic carbocycles. The third-order valence-electron chi connectivity index (χ3n) is 8.27. The molecule has 4 aliphatic rings. The molecule has 2 saturated heterocycles. The van der Waals surface area contributed by atoms with Gasteiger partial charge in [-0.1, -0.05) is 48.5 Å². The van der Waals surface area contributed by atoms with Crippen molar-refractivity contribution in [3.63, 3.8) is 0 Å². The van der Waals surface area contributed by atoms with Crippen LogP contribution in [0.15, 0.2) is 48.5 Å². The molecule has 0 saturated carbocycles. The topological polar surface area (TPSA) is 15.7 Å². The van der Waals surface area contributed by atoms with E-state index in [-0.39, 0.29) is 5.41 Å². The standard InChI is InChI=1S/C27H34N2O/c1-19-16-29(17-20(2)30-19)21-11-13-28(14-12-21)18-27-15-24(22-7-3-5-9-25(22)27)23-8-4-6-10-26(23)27/h3-10,19-21,24H,11-18H2,1-2H3. The lowest BCUT2D eigenvalue weighted by molar-refractivity contribution is -0.0866. The summed E-state index contributed by atoms with van der Waals surface area (Å²) in [4.78, 5) is 5.48. The highest BCUT2D eigenvalue weighted by molar-refractivity contribution is 5.62. The minimum atomic E-state index is 0.201. The van der Waals surface area contributed by atoms with Crippen molar-refractivity contribution in [2.24, 2.45) is 0 Å². The predicted octanol–water partition coefficient (Wildman–Crippen LogP) is 4.40. The number of hydrogen-bond donors (Lipinski definition) is 0. The molecule has 30 heavy (non-hydrogen) atoms. The van der Waals surface area contributed by atoms with E-state index >= 15 is 0 Å². The number of hydrogen-bond acceptors (Lipinski definition) is 3. The predicted molar refractivity (Wildman–Crippen MR) is 121 cm³/mol. The summed E-state index contributed by atoms with van der Waals surface area (Å²) < 4.78 is 5.96. The minimum Gasteiger partial charge on any atom is -0.373 e. The summed E-state index contributed by atoms with van der Waals surface area (Å²) in [5, 5.41) is 0. The fraction of sp³-hybridized carbons (Fsp3) is 0.556. The molecular weight excluding hydrogens is 368 g/mol. The second kappa shape index (κ2) is 7.19. The summed E-state index contributed by atoms with van der Waals surface area (Å²) in [5.74, 6) is 0.603. The molecule has 6 rings (SSSR count). The average Bonchev–Trinajstić information content (AvgIpc) is 3.26. The van der Waals surface area contributed by atoms with Crippen molar-refractivity contribution in [3.05, 3.63) is 70.8 Å². The fourth-order valence-corrected chi connectivity index (χ4v) is 7.15. The Kier molecular flexibility index (Phi) is 4.56. The van der Waals surface area contributed by atoms with Gasteiger partial charge in [0.1, 0.15) is 0 Å². The van der Waals surface area contributed by atoms with E-state index in [0.717, 1.165) is 19.1 Å². The van der Waals surface area contributed by atoms with Gasteiger partial charge < -0.3 is 9.64 Å². The number of nitrogens with zero attached hydrogens (tertiary/aromatic N) is 2. The van der Waals surface area contributed by atoms with E-state index in [2.05, 4.69) is 72.2 Å². The molecule has 2 heterocycles. The van der Waals surface area contributed by atoms with Crippen LogP contribution in [0.4, 0.5) is 0 Å². The molecule has 0 spiro atoms. The van der Waals surface area contributed by atoms with Gasteiger partial charge in [0.05, 0.1) is 12.2 Å². The van der Waals surface area contributed by atoms with Gasteiger partial charge in [-0.15, -0.1) is 0 Å². The minimum absolute atomic E-state index is 0.201. The summed E-state index contributed by atoms with van der Waals surface area (Å²) in [5.41, 5.74) is 6.58. The van der Waals surface area contributed by atoms with Gasteiger partial charge in [-0.25, -0.2) is 0 Å². The van der Waals surface area contributed by atoms with E-state index in [1.165, 1.54) is 38.9 Å². The molecule has 0 aromatic heterocycles. The van der Waals surface area contributed by atoms with E-state index in [1.807, 2.05) is 0 Å². The van der Waals surface area contributed by atoms with Crippen LogP contribution in [0.5, 0.6) is 0 Å². The summed E-state index contributed by atoms with van der Waals surface area (Å²) in [6.45, 7) is 10.3. The molecule has 158 valence electrons. The third-order valence-corrected chi connectivity index (χ3v) is 8.27. The van der Waals surface area contributed by atoms with E-state index in [0.29, 0.717) is 18.1 Å². The third kappa shape index (κ3) is 2.90. The van der Waals surface area contributed by atoms with Gasteiger partial charge in [-0.05, 0) is 68.5 Å². The first kappa shape index (κ1) is 19.0. The molecule has 2 atom stereocenters. The Labute approximate surface area is 181 Å². The van der Waals surface area contributed by atoms with Crippen LogP contribution >= 0.6 is 0 Å². The summed E-state index contributed by atoms with van der Waals surface area (Å²) in [7, 11) is 0. The van der Waals surface area contributed by atoms with Gasteiger partial charge in [-0.3, -0.25) is 4.90 Å². The largest absolute Gasteiger partial charge is 0.373 e. The first-order chi connectivity index (χ1) is 14.6. The molecule has 0 N–H and O–H groups in total. The number of likely N-dealkylation sites (tertiary alicyclic amines) is 1. The zero-order valence-electron chi connectivity index (χ0n) is 18.4. The first-order valence-corrected chi connectivity index (χ1v) is 11.9. The smallest absolute Gasteiger partial charge is 0.0678 e. The van der Waals surface area contributed by atoms with Gasteiger partial charge in [0.15, 0.2) is 0 Å². The van der Waals surface area contributed by atoms with E-state index in [4.69, 9.17) is 4.74 Å². The van der Waals surface area contributed by atoms with Gasteiger partial charge >= 0.3 is 0 Å². The van der Waals surface area contributed by atoms with Crippen LogP contribution < -0.4 is 0 Å². The zero-order valence-corrected chi connectivity index (χ0v) is 18.4. The monoisotopic (exact) mass is 402 g/mol.